The molecule has 0 radical (unpaired) electrons. The molecule has 3 N–H and O–H groups in total. The Labute approximate surface area is 129 Å². The zero-order valence-electron chi connectivity index (χ0n) is 12.3. The number of rotatable bonds is 4. The highest BCUT2D eigenvalue weighted by Gasteiger charge is 2.21. The van der Waals surface area contributed by atoms with Crippen LogP contribution in [-0.2, 0) is 9.53 Å². The van der Waals surface area contributed by atoms with E-state index in [-0.39, 0.29) is 18.5 Å². The van der Waals surface area contributed by atoms with E-state index < -0.39 is 6.10 Å². The number of aliphatic hydroxyl groups excluding tert-OH is 1. The second kappa shape index (κ2) is 6.87. The molecule has 116 valence electrons. The fourth-order valence-electron chi connectivity index (χ4n) is 2.59. The van der Waals surface area contributed by atoms with Gasteiger partial charge in [0.1, 0.15) is 6.04 Å². The largest absolute Gasteiger partial charge is 0.387 e. The van der Waals surface area contributed by atoms with Crippen LogP contribution in [0.4, 0.5) is 0 Å². The van der Waals surface area contributed by atoms with E-state index in [4.69, 9.17) is 4.74 Å². The molecular weight excluding hydrogens is 280 g/mol. The number of nitrogens with one attached hydrogen (secondary N) is 2. The van der Waals surface area contributed by atoms with Crippen molar-refractivity contribution in [3.63, 3.8) is 0 Å². The molecule has 1 aliphatic heterocycles. The minimum absolute atomic E-state index is 0.139. The maximum Gasteiger partial charge on any atom is 0.239 e. The lowest BCUT2D eigenvalue weighted by Crippen LogP contribution is -2.51. The molecule has 2 aromatic carbocycles. The molecule has 0 aliphatic carbocycles. The lowest BCUT2D eigenvalue weighted by Gasteiger charge is -2.23. The topological polar surface area (TPSA) is 70.6 Å². The lowest BCUT2D eigenvalue weighted by atomic mass is 10.0. The van der Waals surface area contributed by atoms with Crippen LogP contribution in [0.2, 0.25) is 0 Å². The van der Waals surface area contributed by atoms with Crippen molar-refractivity contribution in [1.82, 2.24) is 10.6 Å². The number of benzene rings is 2. The molecule has 1 saturated heterocycles. The molecule has 2 atom stereocenters. The predicted molar refractivity (Wildman–Crippen MR) is 84.5 cm³/mol. The van der Waals surface area contributed by atoms with E-state index in [1.54, 1.807) is 0 Å². The Kier molecular flexibility index (Phi) is 4.68. The maximum absolute atomic E-state index is 12.0. The average Bonchev–Trinajstić information content (AvgIpc) is 2.59. The van der Waals surface area contributed by atoms with Gasteiger partial charge in [-0.25, -0.2) is 0 Å². The van der Waals surface area contributed by atoms with Gasteiger partial charge in [0.15, 0.2) is 0 Å². The second-order valence-electron chi connectivity index (χ2n) is 5.45. The first-order chi connectivity index (χ1) is 10.7. The summed E-state index contributed by atoms with van der Waals surface area (Å²) in [5.41, 5.74) is 0.798. The van der Waals surface area contributed by atoms with Gasteiger partial charge in [0, 0.05) is 13.1 Å². The van der Waals surface area contributed by atoms with Gasteiger partial charge in [0.05, 0.1) is 19.3 Å². The molecule has 0 bridgehead atoms. The summed E-state index contributed by atoms with van der Waals surface area (Å²) in [6.45, 7) is 1.86. The summed E-state index contributed by atoms with van der Waals surface area (Å²) in [6.07, 6.45) is -0.724. The Morgan fingerprint density at radius 1 is 1.32 bits per heavy atom. The highest BCUT2D eigenvalue weighted by Crippen LogP contribution is 2.20. The Balaban J connectivity index is 1.60. The summed E-state index contributed by atoms with van der Waals surface area (Å²) in [4.78, 5) is 12.0. The van der Waals surface area contributed by atoms with Gasteiger partial charge in [0.2, 0.25) is 5.91 Å². The van der Waals surface area contributed by atoms with Crippen LogP contribution in [0.1, 0.15) is 11.7 Å². The zero-order chi connectivity index (χ0) is 15.4. The van der Waals surface area contributed by atoms with E-state index in [1.165, 1.54) is 0 Å². The van der Waals surface area contributed by atoms with Crippen molar-refractivity contribution < 1.29 is 14.6 Å². The molecule has 1 fully saturated rings. The van der Waals surface area contributed by atoms with Crippen molar-refractivity contribution in [2.45, 2.75) is 12.1 Å². The summed E-state index contributed by atoms with van der Waals surface area (Å²) in [6, 6.07) is 13.5. The van der Waals surface area contributed by atoms with Crippen LogP contribution in [0, 0.1) is 0 Å². The monoisotopic (exact) mass is 300 g/mol. The van der Waals surface area contributed by atoms with Gasteiger partial charge >= 0.3 is 0 Å². The summed E-state index contributed by atoms with van der Waals surface area (Å²) >= 11 is 0. The summed E-state index contributed by atoms with van der Waals surface area (Å²) in [5.74, 6) is -0.139. The number of hydrogen-bond acceptors (Lipinski definition) is 4. The molecule has 0 saturated carbocycles. The van der Waals surface area contributed by atoms with Gasteiger partial charge in [-0.3, -0.25) is 4.79 Å². The summed E-state index contributed by atoms with van der Waals surface area (Å²) in [7, 11) is 0. The summed E-state index contributed by atoms with van der Waals surface area (Å²) in [5, 5.41) is 18.3. The number of ether oxygens (including phenoxy) is 1. The minimum Gasteiger partial charge on any atom is -0.387 e. The van der Waals surface area contributed by atoms with Crippen LogP contribution in [0.15, 0.2) is 42.5 Å². The van der Waals surface area contributed by atoms with E-state index in [1.807, 2.05) is 42.5 Å². The summed E-state index contributed by atoms with van der Waals surface area (Å²) < 4.78 is 5.26. The minimum atomic E-state index is -0.724. The number of carbonyl (C=O) groups excluding carboxylic acids is 1. The van der Waals surface area contributed by atoms with Crippen LogP contribution < -0.4 is 10.6 Å². The number of amides is 1. The molecule has 5 nitrogen and oxygen atoms in total. The van der Waals surface area contributed by atoms with Crippen LogP contribution in [-0.4, -0.2) is 43.4 Å². The van der Waals surface area contributed by atoms with Crippen molar-refractivity contribution in [3.8, 4) is 0 Å². The zero-order valence-corrected chi connectivity index (χ0v) is 12.3. The van der Waals surface area contributed by atoms with Crippen LogP contribution in [0.5, 0.6) is 0 Å². The van der Waals surface area contributed by atoms with Gasteiger partial charge in [-0.1, -0.05) is 36.4 Å². The van der Waals surface area contributed by atoms with Gasteiger partial charge in [-0.2, -0.15) is 0 Å². The van der Waals surface area contributed by atoms with E-state index in [2.05, 4.69) is 10.6 Å². The van der Waals surface area contributed by atoms with Gasteiger partial charge < -0.3 is 20.5 Å². The highest BCUT2D eigenvalue weighted by molar-refractivity contribution is 5.83. The molecule has 5 heteroatoms. The third-order valence-electron chi connectivity index (χ3n) is 3.87. The number of fused-ring (bicyclic) bond motifs is 1. The van der Waals surface area contributed by atoms with Crippen molar-refractivity contribution in [2.24, 2.45) is 0 Å². The van der Waals surface area contributed by atoms with Gasteiger partial charge in [0.25, 0.3) is 0 Å². The third-order valence-corrected chi connectivity index (χ3v) is 3.87. The van der Waals surface area contributed by atoms with Crippen LogP contribution in [0.3, 0.4) is 0 Å². The Hall–Kier alpha value is -1.95. The molecule has 0 spiro atoms. The number of aliphatic hydroxyl groups is 1. The number of hydrogen-bond donors (Lipinski definition) is 3. The SMILES string of the molecule is O=C(NCC(O)c1ccc2ccccc2c1)C1COCCN1. The normalized spacial score (nSPS) is 19.8. The Morgan fingerprint density at radius 3 is 2.91 bits per heavy atom. The molecule has 1 aliphatic rings. The predicted octanol–water partition coefficient (Wildman–Crippen LogP) is 0.978. The van der Waals surface area contributed by atoms with Crippen LogP contribution >= 0.6 is 0 Å². The first-order valence-corrected chi connectivity index (χ1v) is 7.49. The molecule has 2 aromatic rings. The fourth-order valence-corrected chi connectivity index (χ4v) is 2.59. The van der Waals surface area contributed by atoms with Crippen molar-refractivity contribution in [3.05, 3.63) is 48.0 Å². The van der Waals surface area contributed by atoms with E-state index in [0.29, 0.717) is 19.8 Å². The number of carbonyl (C=O) groups is 1. The maximum atomic E-state index is 12.0. The molecule has 1 heterocycles. The van der Waals surface area contributed by atoms with Crippen molar-refractivity contribution >= 4 is 16.7 Å². The standard InChI is InChI=1S/C17H20N2O3/c20-16(10-19-17(21)15-11-22-8-7-18-15)14-6-5-12-3-1-2-4-13(12)9-14/h1-6,9,15-16,18,20H,7-8,10-11H2,(H,19,21). The van der Waals surface area contributed by atoms with Crippen molar-refractivity contribution in [1.29, 1.82) is 0 Å². The average molecular weight is 300 g/mol. The first-order valence-electron chi connectivity index (χ1n) is 7.49. The highest BCUT2D eigenvalue weighted by atomic mass is 16.5. The smallest absolute Gasteiger partial charge is 0.239 e. The fraction of sp³-hybridized carbons (Fsp3) is 0.353. The van der Waals surface area contributed by atoms with Crippen LogP contribution in [0.25, 0.3) is 10.8 Å². The van der Waals surface area contributed by atoms with Gasteiger partial charge in [-0.15, -0.1) is 0 Å². The van der Waals surface area contributed by atoms with Crippen molar-refractivity contribution in [2.75, 3.05) is 26.3 Å². The second-order valence-corrected chi connectivity index (χ2v) is 5.45. The number of morpholine rings is 1. The van der Waals surface area contributed by atoms with E-state index in [9.17, 15) is 9.90 Å². The Morgan fingerprint density at radius 2 is 2.14 bits per heavy atom. The quantitative estimate of drug-likeness (QED) is 0.787. The van der Waals surface area contributed by atoms with Gasteiger partial charge in [-0.05, 0) is 22.4 Å². The lowest BCUT2D eigenvalue weighted by molar-refractivity contribution is -0.126. The van der Waals surface area contributed by atoms with E-state index in [0.717, 1.165) is 16.3 Å². The molecule has 1 amide bonds. The third kappa shape index (κ3) is 3.44. The first kappa shape index (κ1) is 15.0. The Bertz CT molecular complexity index is 653. The molecule has 3 rings (SSSR count). The molecule has 0 aromatic heterocycles. The molecule has 2 unspecified atom stereocenters. The van der Waals surface area contributed by atoms with E-state index >= 15 is 0 Å². The molecule has 22 heavy (non-hydrogen) atoms. The molecular formula is C17H20N2O3.